The molecule has 0 aliphatic rings. The van der Waals surface area contributed by atoms with Gasteiger partial charge in [-0.15, -0.1) is 0 Å². The van der Waals surface area contributed by atoms with Gasteiger partial charge in [0.2, 0.25) is 5.91 Å². The lowest BCUT2D eigenvalue weighted by Gasteiger charge is -2.25. The van der Waals surface area contributed by atoms with Gasteiger partial charge in [-0.1, -0.05) is 42.0 Å². The molecule has 7 heteroatoms. The van der Waals surface area contributed by atoms with E-state index in [1.165, 1.54) is 24.3 Å². The summed E-state index contributed by atoms with van der Waals surface area (Å²) < 4.78 is 41.0. The molecule has 0 heterocycles. The van der Waals surface area contributed by atoms with Crippen molar-refractivity contribution in [3.63, 3.8) is 0 Å². The maximum Gasteiger partial charge on any atom is 0.264 e. The summed E-state index contributed by atoms with van der Waals surface area (Å²) in [5, 5.41) is 2.80. The van der Waals surface area contributed by atoms with Crippen LogP contribution in [0.1, 0.15) is 29.7 Å². The van der Waals surface area contributed by atoms with Gasteiger partial charge in [0, 0.05) is 0 Å². The highest BCUT2D eigenvalue weighted by atomic mass is 32.2. The minimum Gasteiger partial charge on any atom is -0.348 e. The Labute approximate surface area is 182 Å². The van der Waals surface area contributed by atoms with Crippen LogP contribution in [-0.2, 0) is 14.8 Å². The molecule has 31 heavy (non-hydrogen) atoms. The molecule has 0 saturated carbocycles. The second kappa shape index (κ2) is 9.31. The van der Waals surface area contributed by atoms with Crippen molar-refractivity contribution in [2.24, 2.45) is 0 Å². The fourth-order valence-electron chi connectivity index (χ4n) is 3.19. The van der Waals surface area contributed by atoms with Crippen LogP contribution >= 0.6 is 0 Å². The summed E-state index contributed by atoms with van der Waals surface area (Å²) in [7, 11) is -3.97. The topological polar surface area (TPSA) is 66.5 Å². The van der Waals surface area contributed by atoms with E-state index in [0.717, 1.165) is 21.0 Å². The molecule has 0 saturated heterocycles. The van der Waals surface area contributed by atoms with Crippen molar-refractivity contribution in [3.05, 3.63) is 95.3 Å². The number of hydrogen-bond acceptors (Lipinski definition) is 3. The lowest BCUT2D eigenvalue weighted by molar-refractivity contribution is -0.120. The molecule has 162 valence electrons. The summed E-state index contributed by atoms with van der Waals surface area (Å²) in [6.07, 6.45) is 0. The van der Waals surface area contributed by atoms with Gasteiger partial charge in [0.25, 0.3) is 10.0 Å². The Morgan fingerprint density at radius 3 is 2.23 bits per heavy atom. The Morgan fingerprint density at radius 1 is 0.968 bits per heavy atom. The zero-order valence-electron chi connectivity index (χ0n) is 17.7. The normalized spacial score (nSPS) is 12.3. The fraction of sp³-hybridized carbons (Fsp3) is 0.208. The monoisotopic (exact) mass is 440 g/mol. The largest absolute Gasteiger partial charge is 0.348 e. The molecule has 3 aromatic rings. The first-order chi connectivity index (χ1) is 14.7. The maximum atomic E-state index is 13.4. The lowest BCUT2D eigenvalue weighted by atomic mass is 10.1. The van der Waals surface area contributed by atoms with Gasteiger partial charge in [-0.3, -0.25) is 9.10 Å². The second-order valence-electron chi connectivity index (χ2n) is 7.50. The Morgan fingerprint density at radius 2 is 1.61 bits per heavy atom. The molecule has 3 rings (SSSR count). The minimum absolute atomic E-state index is 0.110. The van der Waals surface area contributed by atoms with E-state index >= 15 is 0 Å². The molecule has 0 radical (unpaired) electrons. The molecule has 0 aliphatic carbocycles. The predicted octanol–water partition coefficient (Wildman–Crippen LogP) is 4.52. The van der Waals surface area contributed by atoms with E-state index in [2.05, 4.69) is 5.32 Å². The van der Waals surface area contributed by atoms with E-state index in [9.17, 15) is 17.6 Å². The van der Waals surface area contributed by atoms with E-state index in [1.54, 1.807) is 49.4 Å². The SMILES string of the molecule is Cc1ccc(S(=O)(=O)N(CC(=O)N[C@H](C)c2ccc(F)cc2)c2cccc(C)c2)cc1. The van der Waals surface area contributed by atoms with E-state index in [1.807, 2.05) is 19.9 Å². The summed E-state index contributed by atoms with van der Waals surface area (Å²) in [6, 6.07) is 18.9. The van der Waals surface area contributed by atoms with Crippen LogP contribution in [-0.4, -0.2) is 20.9 Å². The van der Waals surface area contributed by atoms with Crippen LogP contribution in [0.15, 0.2) is 77.7 Å². The summed E-state index contributed by atoms with van der Waals surface area (Å²) >= 11 is 0. The van der Waals surface area contributed by atoms with Gasteiger partial charge in [0.1, 0.15) is 12.4 Å². The minimum atomic E-state index is -3.97. The van der Waals surface area contributed by atoms with Gasteiger partial charge < -0.3 is 5.32 Å². The molecule has 1 N–H and O–H groups in total. The van der Waals surface area contributed by atoms with Gasteiger partial charge in [0.15, 0.2) is 0 Å². The molecule has 0 bridgehead atoms. The van der Waals surface area contributed by atoms with Crippen LogP contribution in [0.25, 0.3) is 0 Å². The number of benzene rings is 3. The molecule has 0 aliphatic heterocycles. The summed E-state index contributed by atoms with van der Waals surface area (Å²) in [5.41, 5.74) is 2.94. The number of aryl methyl sites for hydroxylation is 2. The molecule has 5 nitrogen and oxygen atoms in total. The van der Waals surface area contributed by atoms with E-state index in [-0.39, 0.29) is 17.3 Å². The first-order valence-corrected chi connectivity index (χ1v) is 11.3. The van der Waals surface area contributed by atoms with E-state index in [0.29, 0.717) is 5.69 Å². The lowest BCUT2D eigenvalue weighted by Crippen LogP contribution is -2.41. The zero-order chi connectivity index (χ0) is 22.6. The molecular weight excluding hydrogens is 415 g/mol. The number of halogens is 1. The van der Waals surface area contributed by atoms with E-state index in [4.69, 9.17) is 0 Å². The summed E-state index contributed by atoms with van der Waals surface area (Å²) in [5.74, 6) is -0.828. The smallest absolute Gasteiger partial charge is 0.264 e. The van der Waals surface area contributed by atoms with Crippen molar-refractivity contribution in [1.29, 1.82) is 0 Å². The van der Waals surface area contributed by atoms with E-state index < -0.39 is 22.0 Å². The number of carbonyl (C=O) groups excluding carboxylic acids is 1. The van der Waals surface area contributed by atoms with Crippen LogP contribution in [0.2, 0.25) is 0 Å². The van der Waals surface area contributed by atoms with Crippen LogP contribution in [0.5, 0.6) is 0 Å². The number of carbonyl (C=O) groups is 1. The van der Waals surface area contributed by atoms with Gasteiger partial charge in [-0.25, -0.2) is 12.8 Å². The summed E-state index contributed by atoms with van der Waals surface area (Å²) in [6.45, 7) is 5.11. The molecule has 1 amide bonds. The molecular formula is C24H25FN2O3S. The van der Waals surface area contributed by atoms with Gasteiger partial charge in [-0.2, -0.15) is 0 Å². The zero-order valence-corrected chi connectivity index (χ0v) is 18.5. The van der Waals surface area contributed by atoms with Crippen molar-refractivity contribution in [3.8, 4) is 0 Å². The number of amides is 1. The van der Waals surface area contributed by atoms with Crippen LogP contribution < -0.4 is 9.62 Å². The Bertz CT molecular complexity index is 1160. The average molecular weight is 441 g/mol. The highest BCUT2D eigenvalue weighted by Gasteiger charge is 2.27. The molecule has 0 unspecified atom stereocenters. The number of rotatable bonds is 7. The van der Waals surface area contributed by atoms with Crippen molar-refractivity contribution < 1.29 is 17.6 Å². The average Bonchev–Trinajstić information content (AvgIpc) is 2.72. The first kappa shape index (κ1) is 22.5. The number of sulfonamides is 1. The van der Waals surface area contributed by atoms with Crippen molar-refractivity contribution in [1.82, 2.24) is 5.32 Å². The summed E-state index contributed by atoms with van der Waals surface area (Å²) in [4.78, 5) is 12.9. The fourth-order valence-corrected chi connectivity index (χ4v) is 4.60. The Kier molecular flexibility index (Phi) is 6.75. The van der Waals surface area contributed by atoms with Gasteiger partial charge >= 0.3 is 0 Å². The number of anilines is 1. The highest BCUT2D eigenvalue weighted by Crippen LogP contribution is 2.25. The number of hydrogen-bond donors (Lipinski definition) is 1. The third-order valence-electron chi connectivity index (χ3n) is 4.93. The molecule has 0 fully saturated rings. The molecule has 0 aromatic heterocycles. The molecule has 0 spiro atoms. The standard InChI is InChI=1S/C24H25FN2O3S/c1-17-7-13-23(14-8-17)31(29,30)27(22-6-4-5-18(2)15-22)16-24(28)26-19(3)20-9-11-21(25)12-10-20/h4-15,19H,16H2,1-3H3,(H,26,28)/t19-/m1/s1. The number of nitrogens with one attached hydrogen (secondary N) is 1. The van der Waals surface area contributed by atoms with Crippen LogP contribution in [0, 0.1) is 19.7 Å². The highest BCUT2D eigenvalue weighted by molar-refractivity contribution is 7.92. The van der Waals surface area contributed by atoms with Crippen LogP contribution in [0.4, 0.5) is 10.1 Å². The van der Waals surface area contributed by atoms with Gasteiger partial charge in [0.05, 0.1) is 16.6 Å². The predicted molar refractivity (Wildman–Crippen MR) is 120 cm³/mol. The quantitative estimate of drug-likeness (QED) is 0.588. The van der Waals surface area contributed by atoms with Crippen molar-refractivity contribution in [2.75, 3.05) is 10.8 Å². The molecule has 1 atom stereocenters. The van der Waals surface area contributed by atoms with Crippen molar-refractivity contribution >= 4 is 21.6 Å². The first-order valence-electron chi connectivity index (χ1n) is 9.88. The Hall–Kier alpha value is -3.19. The number of nitrogens with zero attached hydrogens (tertiary/aromatic N) is 1. The maximum absolute atomic E-state index is 13.4. The van der Waals surface area contributed by atoms with Crippen molar-refractivity contribution in [2.45, 2.75) is 31.7 Å². The third kappa shape index (κ3) is 5.49. The third-order valence-corrected chi connectivity index (χ3v) is 6.72. The Balaban J connectivity index is 1.89. The molecule has 3 aromatic carbocycles. The second-order valence-corrected chi connectivity index (χ2v) is 9.37. The van der Waals surface area contributed by atoms with Crippen LogP contribution in [0.3, 0.4) is 0 Å². The van der Waals surface area contributed by atoms with Gasteiger partial charge in [-0.05, 0) is 68.3 Å².